The number of amides is 1. The van der Waals surface area contributed by atoms with Crippen molar-refractivity contribution < 1.29 is 9.53 Å². The van der Waals surface area contributed by atoms with E-state index < -0.39 is 6.10 Å². The predicted octanol–water partition coefficient (Wildman–Crippen LogP) is 0.311. The Morgan fingerprint density at radius 2 is 2.46 bits per heavy atom. The number of ether oxygens (including phenoxy) is 1. The molecule has 0 spiro atoms. The Morgan fingerprint density at radius 3 is 2.77 bits per heavy atom. The largest absolute Gasteiger partial charge is 0.370 e. The highest BCUT2D eigenvalue weighted by Crippen LogP contribution is 2.18. The third kappa shape index (κ3) is 5.01. The van der Waals surface area contributed by atoms with Crippen molar-refractivity contribution >= 4 is 36.2 Å². The lowest BCUT2D eigenvalue weighted by molar-refractivity contribution is -0.131. The van der Waals surface area contributed by atoms with Crippen LogP contribution in [-0.4, -0.2) is 36.5 Å². The van der Waals surface area contributed by atoms with Gasteiger partial charge >= 0.3 is 0 Å². The molecular formula is C6H14IN3O2S. The first-order valence-corrected chi connectivity index (χ1v) is 7.08. The van der Waals surface area contributed by atoms with E-state index in [1.54, 1.807) is 9.12 Å². The van der Waals surface area contributed by atoms with Crippen molar-refractivity contribution in [3.8, 4) is 0 Å². The van der Waals surface area contributed by atoms with E-state index in [0.717, 1.165) is 6.54 Å². The van der Waals surface area contributed by atoms with Crippen molar-refractivity contribution in [3.05, 3.63) is 0 Å². The van der Waals surface area contributed by atoms with Crippen LogP contribution in [0.25, 0.3) is 0 Å². The van der Waals surface area contributed by atoms with Crippen LogP contribution >= 0.6 is 30.3 Å². The molecule has 7 heteroatoms. The highest BCUT2D eigenvalue weighted by atomic mass is 127. The van der Waals surface area contributed by atoms with Crippen LogP contribution in [0.3, 0.4) is 0 Å². The number of nitrogens with zero attached hydrogens (tertiary/aromatic N) is 1. The zero-order valence-electron chi connectivity index (χ0n) is 7.62. The summed E-state index contributed by atoms with van der Waals surface area (Å²) < 4.78 is 6.99. The fourth-order valence-electron chi connectivity index (χ4n) is 0.748. The highest BCUT2D eigenvalue weighted by molar-refractivity contribution is 14.2. The van der Waals surface area contributed by atoms with Gasteiger partial charge in [0.05, 0.1) is 0 Å². The highest BCUT2D eigenvalue weighted by Gasteiger charge is 2.19. The molecular weight excluding hydrogens is 305 g/mol. The van der Waals surface area contributed by atoms with Gasteiger partial charge in [0, 0.05) is 41.4 Å². The lowest BCUT2D eigenvalue weighted by atomic mass is 10.3. The molecule has 3 N–H and O–H groups in total. The number of hydrogen-bond donors (Lipinski definition) is 2. The standard InChI is InChI=1S/C6H14IN3O2S/c1-3-10(13-7)4-5(12-2)6(11)9-8/h5H,3-4,8H2,1-2H3,(H,9,11). The molecule has 0 aliphatic rings. The summed E-state index contributed by atoms with van der Waals surface area (Å²) in [5, 5.41) is 0. The van der Waals surface area contributed by atoms with E-state index in [4.69, 9.17) is 10.6 Å². The molecule has 1 amide bonds. The van der Waals surface area contributed by atoms with Gasteiger partial charge in [-0.2, -0.15) is 0 Å². The molecule has 0 aromatic carbocycles. The van der Waals surface area contributed by atoms with Crippen molar-refractivity contribution in [3.63, 3.8) is 0 Å². The fraction of sp³-hybridized carbons (Fsp3) is 0.833. The van der Waals surface area contributed by atoms with Gasteiger partial charge in [-0.05, 0) is 9.12 Å². The van der Waals surface area contributed by atoms with E-state index in [1.807, 2.05) is 11.2 Å². The average Bonchev–Trinajstić information content (AvgIpc) is 2.19. The summed E-state index contributed by atoms with van der Waals surface area (Å²) in [6, 6.07) is 0. The van der Waals surface area contributed by atoms with Gasteiger partial charge in [-0.25, -0.2) is 10.1 Å². The maximum absolute atomic E-state index is 11.1. The third-order valence-electron chi connectivity index (χ3n) is 1.54. The number of hydrogen-bond acceptors (Lipinski definition) is 5. The summed E-state index contributed by atoms with van der Waals surface area (Å²) in [4.78, 5) is 11.1. The zero-order valence-corrected chi connectivity index (χ0v) is 10.6. The first-order chi connectivity index (χ1) is 6.19. The number of hydrazine groups is 1. The zero-order chi connectivity index (χ0) is 10.3. The molecule has 0 radical (unpaired) electrons. The third-order valence-corrected chi connectivity index (χ3v) is 3.81. The normalized spacial score (nSPS) is 13.0. The second-order valence-corrected chi connectivity index (χ2v) is 4.12. The number of carbonyl (C=O) groups excluding carboxylic acids is 1. The number of nitrogens with two attached hydrogens (primary N) is 1. The van der Waals surface area contributed by atoms with Crippen LogP contribution in [0, 0.1) is 0 Å². The van der Waals surface area contributed by atoms with Crippen LogP contribution in [0.15, 0.2) is 0 Å². The Balaban J connectivity index is 4.02. The molecule has 0 aliphatic heterocycles. The molecule has 13 heavy (non-hydrogen) atoms. The van der Waals surface area contributed by atoms with Gasteiger partial charge < -0.3 is 4.74 Å². The van der Waals surface area contributed by atoms with Crippen LogP contribution in [-0.2, 0) is 9.53 Å². The van der Waals surface area contributed by atoms with Crippen LogP contribution in [0.5, 0.6) is 0 Å². The van der Waals surface area contributed by atoms with Crippen LogP contribution in [0.1, 0.15) is 6.92 Å². The molecule has 0 aromatic rings. The fourth-order valence-corrected chi connectivity index (χ4v) is 2.36. The monoisotopic (exact) mass is 319 g/mol. The Labute approximate surface area is 94.4 Å². The first kappa shape index (κ1) is 13.4. The number of rotatable bonds is 6. The van der Waals surface area contributed by atoms with Gasteiger partial charge in [-0.3, -0.25) is 10.2 Å². The molecule has 1 unspecified atom stereocenters. The molecule has 0 saturated carbocycles. The maximum atomic E-state index is 11.1. The topological polar surface area (TPSA) is 67.6 Å². The molecule has 78 valence electrons. The van der Waals surface area contributed by atoms with E-state index in [1.165, 1.54) is 7.11 Å². The Hall–Kier alpha value is 0.430. The summed E-state index contributed by atoms with van der Waals surface area (Å²) >= 11 is 2.16. The van der Waals surface area contributed by atoms with E-state index in [-0.39, 0.29) is 5.91 Å². The molecule has 5 nitrogen and oxygen atoms in total. The number of likely N-dealkylation sites (N-methyl/N-ethyl adjacent to an activating group) is 1. The van der Waals surface area contributed by atoms with Gasteiger partial charge in [-0.15, -0.1) is 0 Å². The van der Waals surface area contributed by atoms with Gasteiger partial charge in [0.2, 0.25) is 0 Å². The van der Waals surface area contributed by atoms with E-state index in [2.05, 4.69) is 26.6 Å². The van der Waals surface area contributed by atoms with Crippen LogP contribution in [0.2, 0.25) is 0 Å². The van der Waals surface area contributed by atoms with Crippen LogP contribution in [0.4, 0.5) is 0 Å². The minimum atomic E-state index is -0.507. The van der Waals surface area contributed by atoms with E-state index >= 15 is 0 Å². The van der Waals surface area contributed by atoms with Gasteiger partial charge in [0.25, 0.3) is 5.91 Å². The molecule has 0 rings (SSSR count). The van der Waals surface area contributed by atoms with Crippen molar-refractivity contribution in [2.24, 2.45) is 5.84 Å². The van der Waals surface area contributed by atoms with Gasteiger partial charge in [-0.1, -0.05) is 6.92 Å². The molecule has 0 aliphatic carbocycles. The smallest absolute Gasteiger partial charge is 0.264 e. The molecule has 0 heterocycles. The molecule has 0 aromatic heterocycles. The van der Waals surface area contributed by atoms with Crippen molar-refractivity contribution in [2.45, 2.75) is 13.0 Å². The number of methoxy groups -OCH3 is 1. The van der Waals surface area contributed by atoms with Crippen molar-refractivity contribution in [2.75, 3.05) is 20.2 Å². The minimum Gasteiger partial charge on any atom is -0.370 e. The molecule has 0 bridgehead atoms. The van der Waals surface area contributed by atoms with Crippen molar-refractivity contribution in [1.82, 2.24) is 9.73 Å². The minimum absolute atomic E-state index is 0.300. The predicted molar refractivity (Wildman–Crippen MR) is 62.0 cm³/mol. The summed E-state index contributed by atoms with van der Waals surface area (Å²) in [5.41, 5.74) is 2.07. The number of carbonyl (C=O) groups is 1. The Morgan fingerprint density at radius 1 is 1.85 bits per heavy atom. The number of nitrogens with one attached hydrogen (secondary N) is 1. The second kappa shape index (κ2) is 7.80. The Bertz CT molecular complexity index is 157. The quantitative estimate of drug-likeness (QED) is 0.243. The average molecular weight is 319 g/mol. The molecule has 0 saturated heterocycles. The van der Waals surface area contributed by atoms with Gasteiger partial charge in [0.1, 0.15) is 0 Å². The summed E-state index contributed by atoms with van der Waals surface area (Å²) in [7, 11) is 3.04. The first-order valence-electron chi connectivity index (χ1n) is 3.76. The lowest BCUT2D eigenvalue weighted by Gasteiger charge is -2.20. The van der Waals surface area contributed by atoms with E-state index in [9.17, 15) is 4.79 Å². The SMILES string of the molecule is CCN(CC(OC)C(=O)NN)SI. The maximum Gasteiger partial charge on any atom is 0.264 e. The Kier molecular flexibility index (Phi) is 8.06. The van der Waals surface area contributed by atoms with Gasteiger partial charge in [0.15, 0.2) is 6.10 Å². The van der Waals surface area contributed by atoms with E-state index in [0.29, 0.717) is 6.54 Å². The van der Waals surface area contributed by atoms with Crippen molar-refractivity contribution in [1.29, 1.82) is 0 Å². The summed E-state index contributed by atoms with van der Waals surface area (Å²) in [5.74, 6) is 4.70. The lowest BCUT2D eigenvalue weighted by Crippen LogP contribution is -2.44. The number of halogens is 1. The summed E-state index contributed by atoms with van der Waals surface area (Å²) in [6.07, 6.45) is -0.507. The van der Waals surface area contributed by atoms with Crippen LogP contribution < -0.4 is 11.3 Å². The molecule has 1 atom stereocenters. The second-order valence-electron chi connectivity index (χ2n) is 2.28. The molecule has 0 fully saturated rings. The summed E-state index contributed by atoms with van der Waals surface area (Å²) in [6.45, 7) is 3.40.